The first-order chi connectivity index (χ1) is 10.4. The molecule has 0 aliphatic rings. The van der Waals surface area contributed by atoms with E-state index in [2.05, 4.69) is 10.5 Å². The lowest BCUT2D eigenvalue weighted by Crippen LogP contribution is -2.30. The fourth-order valence-corrected chi connectivity index (χ4v) is 2.17. The second kappa shape index (κ2) is 6.62. The molecule has 7 heteroatoms. The van der Waals surface area contributed by atoms with Crippen LogP contribution in [0.25, 0.3) is 0 Å². The van der Waals surface area contributed by atoms with Gasteiger partial charge in [-0.2, -0.15) is 0 Å². The van der Waals surface area contributed by atoms with E-state index < -0.39 is 0 Å². The number of amides is 2. The Kier molecular flexibility index (Phi) is 4.82. The van der Waals surface area contributed by atoms with Gasteiger partial charge in [0.05, 0.1) is 16.6 Å². The van der Waals surface area contributed by atoms with Crippen LogP contribution < -0.4 is 5.32 Å². The van der Waals surface area contributed by atoms with Gasteiger partial charge in [-0.1, -0.05) is 16.8 Å². The Morgan fingerprint density at radius 2 is 2.09 bits per heavy atom. The zero-order chi connectivity index (χ0) is 16.3. The molecule has 0 fully saturated rings. The Labute approximate surface area is 133 Å². The minimum absolute atomic E-state index is 0.218. The summed E-state index contributed by atoms with van der Waals surface area (Å²) in [4.78, 5) is 25.2. The Morgan fingerprint density at radius 3 is 2.68 bits per heavy atom. The zero-order valence-electron chi connectivity index (χ0n) is 12.5. The average Bonchev–Trinajstić information content (AvgIpc) is 3.00. The smallest absolute Gasteiger partial charge is 0.255 e. The Morgan fingerprint density at radius 1 is 1.36 bits per heavy atom. The highest BCUT2D eigenvalue weighted by atomic mass is 35.5. The molecule has 1 atom stereocenters. The maximum Gasteiger partial charge on any atom is 0.255 e. The summed E-state index contributed by atoms with van der Waals surface area (Å²) in [6.07, 6.45) is 1.45. The fraction of sp³-hybridized carbons (Fsp3) is 0.267. The molecule has 6 nitrogen and oxygen atoms in total. The van der Waals surface area contributed by atoms with E-state index in [1.165, 1.54) is 18.1 Å². The molecule has 2 amide bonds. The first-order valence-electron chi connectivity index (χ1n) is 6.64. The van der Waals surface area contributed by atoms with Crippen LogP contribution in [0.3, 0.4) is 0 Å². The van der Waals surface area contributed by atoms with Crippen LogP contribution in [0, 0.1) is 0 Å². The van der Waals surface area contributed by atoms with Crippen LogP contribution in [0.15, 0.2) is 35.1 Å². The van der Waals surface area contributed by atoms with Gasteiger partial charge in [0.1, 0.15) is 12.0 Å². The van der Waals surface area contributed by atoms with E-state index in [0.29, 0.717) is 22.0 Å². The molecule has 0 radical (unpaired) electrons. The summed E-state index contributed by atoms with van der Waals surface area (Å²) >= 11 is 6.11. The van der Waals surface area contributed by atoms with E-state index in [4.69, 9.17) is 16.1 Å². The van der Waals surface area contributed by atoms with Gasteiger partial charge in [0.2, 0.25) is 5.91 Å². The summed E-state index contributed by atoms with van der Waals surface area (Å²) in [6, 6.07) is 6.20. The van der Waals surface area contributed by atoms with E-state index in [0.717, 1.165) is 0 Å². The van der Waals surface area contributed by atoms with Gasteiger partial charge in [-0.3, -0.25) is 9.59 Å². The third kappa shape index (κ3) is 3.46. The van der Waals surface area contributed by atoms with Gasteiger partial charge in [0.25, 0.3) is 5.91 Å². The van der Waals surface area contributed by atoms with Crippen molar-refractivity contribution < 1.29 is 14.1 Å². The molecule has 1 aromatic heterocycles. The molecule has 0 aliphatic carbocycles. The van der Waals surface area contributed by atoms with Crippen molar-refractivity contribution in [2.45, 2.75) is 19.9 Å². The van der Waals surface area contributed by atoms with Gasteiger partial charge in [-0.15, -0.1) is 0 Å². The van der Waals surface area contributed by atoms with E-state index in [9.17, 15) is 9.59 Å². The van der Waals surface area contributed by atoms with Gasteiger partial charge in [0, 0.05) is 25.7 Å². The van der Waals surface area contributed by atoms with Crippen molar-refractivity contribution in [1.82, 2.24) is 10.1 Å². The number of nitrogens with zero attached hydrogens (tertiary/aromatic N) is 2. The van der Waals surface area contributed by atoms with Crippen LogP contribution in [-0.2, 0) is 4.79 Å². The number of carbonyl (C=O) groups excluding carboxylic acids is 2. The number of anilines is 1. The molecular weight excluding hydrogens is 306 g/mol. The standard InChI is InChI=1S/C15H16ClN3O3/c1-9(14-6-7-22-18-14)19(3)15(21)12-8-11(17-10(2)20)4-5-13(12)16/h4-9H,1-3H3,(H,17,20). The summed E-state index contributed by atoms with van der Waals surface area (Å²) in [5.41, 5.74) is 1.47. The van der Waals surface area contributed by atoms with Crippen LogP contribution in [0.2, 0.25) is 5.02 Å². The molecule has 1 unspecified atom stereocenters. The number of benzene rings is 1. The molecule has 0 aliphatic heterocycles. The van der Waals surface area contributed by atoms with Crippen molar-refractivity contribution in [3.63, 3.8) is 0 Å². The molecule has 116 valence electrons. The van der Waals surface area contributed by atoms with Crippen LogP contribution in [0.5, 0.6) is 0 Å². The number of nitrogens with one attached hydrogen (secondary N) is 1. The summed E-state index contributed by atoms with van der Waals surface area (Å²) in [5, 5.41) is 6.78. The molecule has 0 bridgehead atoms. The highest BCUT2D eigenvalue weighted by Crippen LogP contribution is 2.25. The number of hydrogen-bond acceptors (Lipinski definition) is 4. The normalized spacial score (nSPS) is 11.8. The quantitative estimate of drug-likeness (QED) is 0.938. The third-order valence-electron chi connectivity index (χ3n) is 3.30. The van der Waals surface area contributed by atoms with Crippen LogP contribution in [0.4, 0.5) is 5.69 Å². The minimum atomic E-state index is -0.272. The molecule has 0 saturated carbocycles. The van der Waals surface area contributed by atoms with Crippen molar-refractivity contribution in [2.24, 2.45) is 0 Å². The molecule has 1 heterocycles. The van der Waals surface area contributed by atoms with Gasteiger partial charge in [-0.25, -0.2) is 0 Å². The van der Waals surface area contributed by atoms with Crippen molar-refractivity contribution in [2.75, 3.05) is 12.4 Å². The second-order valence-corrected chi connectivity index (χ2v) is 5.30. The van der Waals surface area contributed by atoms with Crippen LogP contribution >= 0.6 is 11.6 Å². The Hall–Kier alpha value is -2.34. The molecule has 2 aromatic rings. The first-order valence-corrected chi connectivity index (χ1v) is 7.02. The summed E-state index contributed by atoms with van der Waals surface area (Å²) in [7, 11) is 1.66. The van der Waals surface area contributed by atoms with Gasteiger partial charge < -0.3 is 14.7 Å². The monoisotopic (exact) mass is 321 g/mol. The molecule has 22 heavy (non-hydrogen) atoms. The minimum Gasteiger partial charge on any atom is -0.364 e. The molecule has 0 saturated heterocycles. The molecular formula is C15H16ClN3O3. The third-order valence-corrected chi connectivity index (χ3v) is 3.63. The number of aromatic nitrogens is 1. The highest BCUT2D eigenvalue weighted by molar-refractivity contribution is 6.34. The fourth-order valence-electron chi connectivity index (χ4n) is 1.97. The van der Waals surface area contributed by atoms with E-state index in [-0.39, 0.29) is 17.9 Å². The number of rotatable bonds is 4. The maximum absolute atomic E-state index is 12.6. The van der Waals surface area contributed by atoms with Crippen molar-refractivity contribution in [3.8, 4) is 0 Å². The SMILES string of the molecule is CC(=O)Nc1ccc(Cl)c(C(=O)N(C)C(C)c2ccon2)c1. The molecule has 1 N–H and O–H groups in total. The molecule has 0 spiro atoms. The first kappa shape index (κ1) is 16.0. The summed E-state index contributed by atoms with van der Waals surface area (Å²) in [5.74, 6) is -0.488. The van der Waals surface area contributed by atoms with Crippen LogP contribution in [0.1, 0.15) is 35.9 Å². The number of halogens is 1. The Balaban J connectivity index is 2.26. The molecule has 2 rings (SSSR count). The van der Waals surface area contributed by atoms with Crippen molar-refractivity contribution in [3.05, 3.63) is 46.8 Å². The number of carbonyl (C=O) groups is 2. The summed E-state index contributed by atoms with van der Waals surface area (Å²) < 4.78 is 4.80. The predicted molar refractivity (Wildman–Crippen MR) is 82.8 cm³/mol. The second-order valence-electron chi connectivity index (χ2n) is 4.89. The van der Waals surface area contributed by atoms with E-state index >= 15 is 0 Å². The molecule has 1 aromatic carbocycles. The predicted octanol–water partition coefficient (Wildman–Crippen LogP) is 3.12. The largest absolute Gasteiger partial charge is 0.364 e. The Bertz CT molecular complexity index is 685. The van der Waals surface area contributed by atoms with E-state index in [1.54, 1.807) is 31.3 Å². The zero-order valence-corrected chi connectivity index (χ0v) is 13.2. The van der Waals surface area contributed by atoms with Gasteiger partial charge >= 0.3 is 0 Å². The maximum atomic E-state index is 12.6. The lowest BCUT2D eigenvalue weighted by molar-refractivity contribution is -0.114. The topological polar surface area (TPSA) is 75.4 Å². The lowest BCUT2D eigenvalue weighted by atomic mass is 10.1. The van der Waals surface area contributed by atoms with Crippen LogP contribution in [-0.4, -0.2) is 28.9 Å². The van der Waals surface area contributed by atoms with Crippen molar-refractivity contribution in [1.29, 1.82) is 0 Å². The summed E-state index contributed by atoms with van der Waals surface area (Å²) in [6.45, 7) is 3.23. The average molecular weight is 322 g/mol. The lowest BCUT2D eigenvalue weighted by Gasteiger charge is -2.24. The van der Waals surface area contributed by atoms with E-state index in [1.807, 2.05) is 6.92 Å². The highest BCUT2D eigenvalue weighted by Gasteiger charge is 2.23. The van der Waals surface area contributed by atoms with Crippen molar-refractivity contribution >= 4 is 29.1 Å². The van der Waals surface area contributed by atoms with Gasteiger partial charge in [-0.05, 0) is 25.1 Å². The van der Waals surface area contributed by atoms with Gasteiger partial charge in [0.15, 0.2) is 0 Å². The number of hydrogen-bond donors (Lipinski definition) is 1.